The Morgan fingerprint density at radius 3 is 1.20 bits per heavy atom. The minimum atomic E-state index is 0.769. The van der Waals surface area contributed by atoms with Crippen molar-refractivity contribution in [1.82, 2.24) is 0 Å². The highest BCUT2D eigenvalue weighted by Gasteiger charge is 2.09. The van der Waals surface area contributed by atoms with E-state index >= 15 is 0 Å². The van der Waals surface area contributed by atoms with Crippen LogP contribution < -0.4 is 9.78 Å². The minimum absolute atomic E-state index is 0.769. The van der Waals surface area contributed by atoms with Crippen molar-refractivity contribution in [1.29, 1.82) is 0 Å². The quantitative estimate of drug-likeness (QED) is 0.583. The van der Waals surface area contributed by atoms with Crippen LogP contribution in [0.1, 0.15) is 33.4 Å². The van der Waals surface area contributed by atoms with Gasteiger partial charge in [0.1, 0.15) is 0 Å². The first-order valence-electron chi connectivity index (χ1n) is 6.90. The van der Waals surface area contributed by atoms with E-state index in [1.807, 2.05) is 38.1 Å². The summed E-state index contributed by atoms with van der Waals surface area (Å²) >= 11 is 0. The molecule has 0 aliphatic carbocycles. The van der Waals surface area contributed by atoms with Gasteiger partial charge in [0.25, 0.3) is 0 Å². The van der Waals surface area contributed by atoms with E-state index in [0.717, 1.165) is 22.6 Å². The summed E-state index contributed by atoms with van der Waals surface area (Å²) in [5, 5.41) is 0. The van der Waals surface area contributed by atoms with Gasteiger partial charge in [0.05, 0.1) is 0 Å². The number of hydrogen-bond acceptors (Lipinski definition) is 2. The Kier molecular flexibility index (Phi) is 4.03. The number of benzene rings is 2. The molecule has 0 saturated carbocycles. The summed E-state index contributed by atoms with van der Waals surface area (Å²) in [5.41, 5.74) is 7.23. The maximum atomic E-state index is 5.53. The highest BCUT2D eigenvalue weighted by Crippen LogP contribution is 2.27. The van der Waals surface area contributed by atoms with E-state index < -0.39 is 0 Å². The van der Waals surface area contributed by atoms with Crippen molar-refractivity contribution in [3.63, 3.8) is 0 Å². The zero-order chi connectivity index (χ0) is 14.9. The first-order valence-corrected chi connectivity index (χ1v) is 6.90. The molecule has 106 valence electrons. The fourth-order valence-corrected chi connectivity index (χ4v) is 2.13. The van der Waals surface area contributed by atoms with Crippen LogP contribution in [0.2, 0.25) is 0 Å². The molecular weight excluding hydrogens is 248 g/mol. The molecule has 2 aromatic carbocycles. The summed E-state index contributed by atoms with van der Waals surface area (Å²) in [6, 6.07) is 8.00. The van der Waals surface area contributed by atoms with Crippen molar-refractivity contribution in [3.05, 3.63) is 57.6 Å². The number of rotatable bonds is 3. The SMILES string of the molecule is Cc1ccc(OOc2ccc(C)c(C)c2C)c(C)c1C. The zero-order valence-electron chi connectivity index (χ0n) is 13.1. The second-order valence-electron chi connectivity index (χ2n) is 5.43. The Morgan fingerprint density at radius 2 is 0.850 bits per heavy atom. The van der Waals surface area contributed by atoms with Crippen LogP contribution in [0.15, 0.2) is 24.3 Å². The summed E-state index contributed by atoms with van der Waals surface area (Å²) in [7, 11) is 0. The van der Waals surface area contributed by atoms with Gasteiger partial charge in [-0.1, -0.05) is 12.1 Å². The van der Waals surface area contributed by atoms with E-state index in [2.05, 4.69) is 27.7 Å². The average Bonchev–Trinajstić information content (AvgIpc) is 2.43. The molecule has 0 aliphatic rings. The van der Waals surface area contributed by atoms with Gasteiger partial charge >= 0.3 is 0 Å². The molecule has 20 heavy (non-hydrogen) atoms. The number of aryl methyl sites for hydroxylation is 2. The molecule has 0 amide bonds. The maximum Gasteiger partial charge on any atom is 0.181 e. The molecule has 0 N–H and O–H groups in total. The molecule has 2 heteroatoms. The third-order valence-corrected chi connectivity index (χ3v) is 4.24. The van der Waals surface area contributed by atoms with Crippen LogP contribution in [0.4, 0.5) is 0 Å². The van der Waals surface area contributed by atoms with Crippen molar-refractivity contribution >= 4 is 0 Å². The molecule has 0 saturated heterocycles. The zero-order valence-corrected chi connectivity index (χ0v) is 13.1. The first kappa shape index (κ1) is 14.4. The predicted octanol–water partition coefficient (Wildman–Crippen LogP) is 4.91. The Hall–Kier alpha value is -1.96. The second kappa shape index (κ2) is 5.58. The lowest BCUT2D eigenvalue weighted by molar-refractivity contribution is -0.101. The van der Waals surface area contributed by atoms with Crippen molar-refractivity contribution in [2.24, 2.45) is 0 Å². The summed E-state index contributed by atoms with van der Waals surface area (Å²) in [6.07, 6.45) is 0. The Morgan fingerprint density at radius 1 is 0.500 bits per heavy atom. The van der Waals surface area contributed by atoms with Crippen LogP contribution >= 0.6 is 0 Å². The van der Waals surface area contributed by atoms with Crippen LogP contribution in [0.25, 0.3) is 0 Å². The molecule has 0 atom stereocenters. The van der Waals surface area contributed by atoms with Crippen LogP contribution in [0, 0.1) is 41.5 Å². The fraction of sp³-hybridized carbons (Fsp3) is 0.333. The maximum absolute atomic E-state index is 5.53. The molecule has 2 rings (SSSR count). The summed E-state index contributed by atoms with van der Waals surface area (Å²) < 4.78 is 0. The standard InChI is InChI=1S/C18H22O2/c1-11-7-9-17(15(5)13(11)3)19-20-18-10-8-12(2)14(4)16(18)6/h7-10H,1-6H3. The highest BCUT2D eigenvalue weighted by molar-refractivity contribution is 5.44. The van der Waals surface area contributed by atoms with Crippen molar-refractivity contribution in [3.8, 4) is 11.5 Å². The molecule has 0 aliphatic heterocycles. The molecule has 2 aromatic rings. The van der Waals surface area contributed by atoms with E-state index in [1.54, 1.807) is 0 Å². The fourth-order valence-electron chi connectivity index (χ4n) is 2.13. The van der Waals surface area contributed by atoms with Crippen molar-refractivity contribution in [2.45, 2.75) is 41.5 Å². The summed E-state index contributed by atoms with van der Waals surface area (Å²) in [6.45, 7) is 12.5. The second-order valence-corrected chi connectivity index (χ2v) is 5.43. The lowest BCUT2D eigenvalue weighted by Gasteiger charge is -2.14. The van der Waals surface area contributed by atoms with Crippen LogP contribution in [0.3, 0.4) is 0 Å². The molecule has 0 radical (unpaired) electrons. The van der Waals surface area contributed by atoms with Gasteiger partial charge in [-0.25, -0.2) is 0 Å². The predicted molar refractivity (Wildman–Crippen MR) is 82.6 cm³/mol. The minimum Gasteiger partial charge on any atom is -0.290 e. The van der Waals surface area contributed by atoms with E-state index in [-0.39, 0.29) is 0 Å². The summed E-state index contributed by atoms with van der Waals surface area (Å²) in [5.74, 6) is 1.54. The third-order valence-electron chi connectivity index (χ3n) is 4.24. The van der Waals surface area contributed by atoms with Gasteiger partial charge in [0, 0.05) is 0 Å². The normalized spacial score (nSPS) is 10.5. The Balaban J connectivity index is 2.22. The van der Waals surface area contributed by atoms with Crippen LogP contribution in [-0.2, 0) is 0 Å². The van der Waals surface area contributed by atoms with E-state index in [9.17, 15) is 0 Å². The molecule has 0 aromatic heterocycles. The van der Waals surface area contributed by atoms with Gasteiger partial charge in [-0.15, -0.1) is 0 Å². The average molecular weight is 270 g/mol. The lowest BCUT2D eigenvalue weighted by atomic mass is 10.0. The number of hydrogen-bond donors (Lipinski definition) is 0. The molecule has 0 unspecified atom stereocenters. The molecule has 0 fully saturated rings. The van der Waals surface area contributed by atoms with E-state index in [0.29, 0.717) is 0 Å². The van der Waals surface area contributed by atoms with Gasteiger partial charge < -0.3 is 0 Å². The topological polar surface area (TPSA) is 18.5 Å². The smallest absolute Gasteiger partial charge is 0.181 e. The summed E-state index contributed by atoms with van der Waals surface area (Å²) in [4.78, 5) is 11.1. The van der Waals surface area contributed by atoms with Crippen LogP contribution in [-0.4, -0.2) is 0 Å². The van der Waals surface area contributed by atoms with Crippen molar-refractivity contribution in [2.75, 3.05) is 0 Å². The van der Waals surface area contributed by atoms with Gasteiger partial charge in [-0.05, 0) is 87.1 Å². The third kappa shape index (κ3) is 2.64. The molecular formula is C18H22O2. The van der Waals surface area contributed by atoms with Crippen LogP contribution in [0.5, 0.6) is 11.5 Å². The van der Waals surface area contributed by atoms with E-state index in [4.69, 9.17) is 9.78 Å². The largest absolute Gasteiger partial charge is 0.290 e. The van der Waals surface area contributed by atoms with Gasteiger partial charge in [-0.3, -0.25) is 9.78 Å². The Bertz CT molecular complexity index is 585. The monoisotopic (exact) mass is 270 g/mol. The molecule has 0 bridgehead atoms. The van der Waals surface area contributed by atoms with E-state index in [1.165, 1.54) is 22.3 Å². The highest BCUT2D eigenvalue weighted by atomic mass is 17.2. The molecule has 0 spiro atoms. The lowest BCUT2D eigenvalue weighted by Crippen LogP contribution is -2.05. The van der Waals surface area contributed by atoms with Gasteiger partial charge in [0.15, 0.2) is 11.5 Å². The van der Waals surface area contributed by atoms with Gasteiger partial charge in [0.2, 0.25) is 0 Å². The molecule has 2 nitrogen and oxygen atoms in total. The Labute approximate surface area is 121 Å². The van der Waals surface area contributed by atoms with Gasteiger partial charge in [-0.2, -0.15) is 0 Å². The molecule has 0 heterocycles. The van der Waals surface area contributed by atoms with Crippen molar-refractivity contribution < 1.29 is 9.78 Å². The first-order chi connectivity index (χ1) is 9.41.